The quantitative estimate of drug-likeness (QED) is 0.847. The molecular weight excluding hydrogens is 236 g/mol. The highest BCUT2D eigenvalue weighted by Gasteiger charge is 2.35. The third-order valence-electron chi connectivity index (χ3n) is 4.16. The van der Waals surface area contributed by atoms with Crippen LogP contribution >= 0.6 is 12.4 Å². The summed E-state index contributed by atoms with van der Waals surface area (Å²) in [4.78, 5) is 14.3. The van der Waals surface area contributed by atoms with E-state index in [4.69, 9.17) is 5.73 Å². The molecular formula is C13H25ClN2O. The average Bonchev–Trinajstić information content (AvgIpc) is 2.35. The van der Waals surface area contributed by atoms with Crippen molar-refractivity contribution >= 4 is 18.3 Å². The molecule has 0 radical (unpaired) electrons. The second-order valence-electron chi connectivity index (χ2n) is 5.23. The third-order valence-corrected chi connectivity index (χ3v) is 4.16. The minimum atomic E-state index is 0. The zero-order chi connectivity index (χ0) is 11.4. The predicted molar refractivity (Wildman–Crippen MR) is 72.2 cm³/mol. The van der Waals surface area contributed by atoms with E-state index >= 15 is 0 Å². The maximum atomic E-state index is 12.1. The Bertz CT molecular complexity index is 246. The number of nitrogens with zero attached hydrogens (tertiary/aromatic N) is 1. The van der Waals surface area contributed by atoms with E-state index in [9.17, 15) is 4.79 Å². The molecule has 0 aromatic carbocycles. The molecule has 1 heterocycles. The van der Waals surface area contributed by atoms with Crippen LogP contribution in [0.4, 0.5) is 0 Å². The number of piperidine rings is 1. The van der Waals surface area contributed by atoms with Gasteiger partial charge in [-0.2, -0.15) is 0 Å². The van der Waals surface area contributed by atoms with Crippen molar-refractivity contribution < 1.29 is 4.79 Å². The van der Waals surface area contributed by atoms with E-state index in [1.54, 1.807) is 0 Å². The number of halogens is 1. The molecule has 0 aromatic rings. The predicted octanol–water partition coefficient (Wildman–Crippen LogP) is 2.33. The minimum Gasteiger partial charge on any atom is -0.339 e. The number of hydrogen-bond donors (Lipinski definition) is 1. The Hall–Kier alpha value is -0.280. The molecule has 1 saturated heterocycles. The van der Waals surface area contributed by atoms with Crippen LogP contribution in [0.3, 0.4) is 0 Å². The summed E-state index contributed by atoms with van der Waals surface area (Å²) in [5.74, 6) is 1.14. The van der Waals surface area contributed by atoms with Crippen LogP contribution in [0.1, 0.15) is 51.4 Å². The zero-order valence-corrected chi connectivity index (χ0v) is 11.4. The summed E-state index contributed by atoms with van der Waals surface area (Å²) in [6.07, 6.45) is 9.28. The van der Waals surface area contributed by atoms with Gasteiger partial charge in [-0.15, -0.1) is 12.4 Å². The van der Waals surface area contributed by atoms with Gasteiger partial charge in [0.2, 0.25) is 5.91 Å². The maximum absolute atomic E-state index is 12.1. The van der Waals surface area contributed by atoms with Gasteiger partial charge < -0.3 is 10.6 Å². The average molecular weight is 261 g/mol. The van der Waals surface area contributed by atoms with Gasteiger partial charge in [0.15, 0.2) is 0 Å². The van der Waals surface area contributed by atoms with Gasteiger partial charge in [0, 0.05) is 19.0 Å². The Morgan fingerprint density at radius 2 is 1.88 bits per heavy atom. The number of carbonyl (C=O) groups is 1. The molecule has 0 aromatic heterocycles. The Kier molecular flexibility index (Phi) is 6.28. The third kappa shape index (κ3) is 3.59. The smallest absolute Gasteiger partial charge is 0.222 e. The van der Waals surface area contributed by atoms with Crippen molar-refractivity contribution in [1.29, 1.82) is 0 Å². The summed E-state index contributed by atoms with van der Waals surface area (Å²) in [7, 11) is 0. The van der Waals surface area contributed by atoms with E-state index in [1.807, 2.05) is 0 Å². The first kappa shape index (κ1) is 14.8. The van der Waals surface area contributed by atoms with Crippen LogP contribution in [0.15, 0.2) is 0 Å². The molecule has 1 aliphatic carbocycles. The number of carbonyl (C=O) groups excluding carboxylic acids is 1. The van der Waals surface area contributed by atoms with Gasteiger partial charge in [0.1, 0.15) is 0 Å². The molecule has 1 saturated carbocycles. The molecule has 1 aliphatic heterocycles. The first-order chi connectivity index (χ1) is 7.83. The topological polar surface area (TPSA) is 46.3 Å². The zero-order valence-electron chi connectivity index (χ0n) is 10.6. The number of likely N-dealkylation sites (tertiary alicyclic amines) is 1. The highest BCUT2D eigenvalue weighted by Crippen LogP contribution is 2.35. The van der Waals surface area contributed by atoms with Crippen molar-refractivity contribution in [3.63, 3.8) is 0 Å². The summed E-state index contributed by atoms with van der Waals surface area (Å²) in [5, 5.41) is 0. The maximum Gasteiger partial charge on any atom is 0.222 e. The fraction of sp³-hybridized carbons (Fsp3) is 0.923. The highest BCUT2D eigenvalue weighted by atomic mass is 35.5. The number of rotatable bonds is 3. The van der Waals surface area contributed by atoms with E-state index in [0.29, 0.717) is 24.9 Å². The van der Waals surface area contributed by atoms with Crippen molar-refractivity contribution in [2.24, 2.45) is 11.7 Å². The molecule has 2 aliphatic rings. The molecule has 100 valence electrons. The Balaban J connectivity index is 0.00000144. The largest absolute Gasteiger partial charge is 0.339 e. The van der Waals surface area contributed by atoms with Crippen LogP contribution in [-0.4, -0.2) is 29.9 Å². The molecule has 3 nitrogen and oxygen atoms in total. The summed E-state index contributed by atoms with van der Waals surface area (Å²) < 4.78 is 0. The second-order valence-corrected chi connectivity index (χ2v) is 5.23. The minimum absolute atomic E-state index is 0. The van der Waals surface area contributed by atoms with Gasteiger partial charge in [-0.1, -0.05) is 12.8 Å². The molecule has 0 bridgehead atoms. The Morgan fingerprint density at radius 1 is 1.18 bits per heavy atom. The van der Waals surface area contributed by atoms with Crippen LogP contribution in [0, 0.1) is 5.92 Å². The Morgan fingerprint density at radius 3 is 2.65 bits per heavy atom. The van der Waals surface area contributed by atoms with Crippen LogP contribution in [0.25, 0.3) is 0 Å². The second kappa shape index (κ2) is 7.22. The SMILES string of the molecule is Cl.NCCCC(=O)N1CCCC2CCCCC21. The van der Waals surface area contributed by atoms with E-state index in [-0.39, 0.29) is 12.4 Å². The van der Waals surface area contributed by atoms with Crippen LogP contribution in [-0.2, 0) is 4.79 Å². The summed E-state index contributed by atoms with van der Waals surface area (Å²) in [5.41, 5.74) is 5.47. The van der Waals surface area contributed by atoms with Crippen molar-refractivity contribution in [3.05, 3.63) is 0 Å². The highest BCUT2D eigenvalue weighted by molar-refractivity contribution is 5.85. The van der Waals surface area contributed by atoms with Crippen molar-refractivity contribution in [3.8, 4) is 0 Å². The summed E-state index contributed by atoms with van der Waals surface area (Å²) >= 11 is 0. The van der Waals surface area contributed by atoms with E-state index in [1.165, 1.54) is 38.5 Å². The molecule has 2 fully saturated rings. The summed E-state index contributed by atoms with van der Waals surface area (Å²) in [6, 6.07) is 0.563. The van der Waals surface area contributed by atoms with Gasteiger partial charge in [0.25, 0.3) is 0 Å². The van der Waals surface area contributed by atoms with Crippen LogP contribution < -0.4 is 5.73 Å². The number of nitrogens with two attached hydrogens (primary N) is 1. The van der Waals surface area contributed by atoms with Crippen molar-refractivity contribution in [2.75, 3.05) is 13.1 Å². The van der Waals surface area contributed by atoms with E-state index in [0.717, 1.165) is 18.9 Å². The lowest BCUT2D eigenvalue weighted by Gasteiger charge is -2.44. The Labute approximate surface area is 111 Å². The first-order valence-electron chi connectivity index (χ1n) is 6.82. The lowest BCUT2D eigenvalue weighted by atomic mass is 9.78. The number of hydrogen-bond acceptors (Lipinski definition) is 2. The van der Waals surface area contributed by atoms with Gasteiger partial charge in [-0.25, -0.2) is 0 Å². The fourth-order valence-electron chi connectivity index (χ4n) is 3.33. The lowest BCUT2D eigenvalue weighted by Crippen LogP contribution is -2.49. The fourth-order valence-corrected chi connectivity index (χ4v) is 3.33. The van der Waals surface area contributed by atoms with Gasteiger partial charge in [-0.3, -0.25) is 4.79 Å². The summed E-state index contributed by atoms with van der Waals surface area (Å²) in [6.45, 7) is 1.62. The molecule has 0 spiro atoms. The first-order valence-corrected chi connectivity index (χ1v) is 6.82. The van der Waals surface area contributed by atoms with Crippen molar-refractivity contribution in [2.45, 2.75) is 57.4 Å². The molecule has 2 unspecified atom stereocenters. The van der Waals surface area contributed by atoms with Gasteiger partial charge in [-0.05, 0) is 44.6 Å². The number of fused-ring (bicyclic) bond motifs is 1. The van der Waals surface area contributed by atoms with Gasteiger partial charge in [0.05, 0.1) is 0 Å². The van der Waals surface area contributed by atoms with E-state index < -0.39 is 0 Å². The lowest BCUT2D eigenvalue weighted by molar-refractivity contribution is -0.137. The molecule has 17 heavy (non-hydrogen) atoms. The van der Waals surface area contributed by atoms with Crippen molar-refractivity contribution in [1.82, 2.24) is 4.90 Å². The van der Waals surface area contributed by atoms with Crippen LogP contribution in [0.2, 0.25) is 0 Å². The monoisotopic (exact) mass is 260 g/mol. The molecule has 4 heteroatoms. The van der Waals surface area contributed by atoms with E-state index in [2.05, 4.69) is 4.90 Å². The van der Waals surface area contributed by atoms with Gasteiger partial charge >= 0.3 is 0 Å². The normalized spacial score (nSPS) is 28.2. The number of amides is 1. The standard InChI is InChI=1S/C13H24N2O.ClH/c14-9-3-8-13(16)15-10-4-6-11-5-1-2-7-12(11)15;/h11-12H,1-10,14H2;1H. The van der Waals surface area contributed by atoms with Crippen LogP contribution in [0.5, 0.6) is 0 Å². The molecule has 1 amide bonds. The molecule has 2 atom stereocenters. The molecule has 2 N–H and O–H groups in total. The molecule has 2 rings (SSSR count).